The van der Waals surface area contributed by atoms with Crippen molar-refractivity contribution in [3.05, 3.63) is 34.9 Å². The molecule has 3 rings (SSSR count). The first-order valence-electron chi connectivity index (χ1n) is 8.57. The van der Waals surface area contributed by atoms with E-state index in [2.05, 4.69) is 56.1 Å². The molecule has 2 atom stereocenters. The Balaban J connectivity index is 1.75. The Kier molecular flexibility index (Phi) is 4.37. The van der Waals surface area contributed by atoms with E-state index in [1.165, 1.54) is 42.6 Å². The molecule has 2 nitrogen and oxygen atoms in total. The molecule has 0 radical (unpaired) electrons. The van der Waals surface area contributed by atoms with Crippen LogP contribution in [-0.4, -0.2) is 30.1 Å². The summed E-state index contributed by atoms with van der Waals surface area (Å²) in [5.74, 6) is 1.66. The van der Waals surface area contributed by atoms with Gasteiger partial charge in [0.15, 0.2) is 0 Å². The molecule has 2 fully saturated rings. The molecular weight excluding hydrogens is 256 g/mol. The number of piperazine rings is 1. The molecule has 0 amide bonds. The highest BCUT2D eigenvalue weighted by Gasteiger charge is 2.39. The summed E-state index contributed by atoms with van der Waals surface area (Å²) in [5.41, 5.74) is 4.27. The molecule has 0 bridgehead atoms. The quantitative estimate of drug-likeness (QED) is 0.911. The molecule has 1 aliphatic carbocycles. The Morgan fingerprint density at radius 3 is 2.38 bits per heavy atom. The molecule has 0 aromatic heterocycles. The summed E-state index contributed by atoms with van der Waals surface area (Å²) in [4.78, 5) is 2.76. The van der Waals surface area contributed by atoms with Gasteiger partial charge in [0.1, 0.15) is 0 Å². The van der Waals surface area contributed by atoms with Crippen LogP contribution in [0.2, 0.25) is 0 Å². The number of nitrogens with one attached hydrogen (secondary N) is 1. The highest BCUT2D eigenvalue weighted by Crippen LogP contribution is 2.37. The van der Waals surface area contributed by atoms with Crippen molar-refractivity contribution in [3.8, 4) is 0 Å². The molecule has 116 valence electrons. The highest BCUT2D eigenvalue weighted by molar-refractivity contribution is 5.28. The van der Waals surface area contributed by atoms with Gasteiger partial charge in [0, 0.05) is 31.7 Å². The summed E-state index contributed by atoms with van der Waals surface area (Å²) < 4.78 is 0. The minimum Gasteiger partial charge on any atom is -0.311 e. The van der Waals surface area contributed by atoms with Crippen molar-refractivity contribution >= 4 is 0 Å². The molecule has 21 heavy (non-hydrogen) atoms. The number of hydrogen-bond acceptors (Lipinski definition) is 2. The molecule has 1 aromatic carbocycles. The molecule has 1 heterocycles. The summed E-state index contributed by atoms with van der Waals surface area (Å²) in [6.07, 6.45) is 2.87. The molecule has 2 heteroatoms. The number of benzene rings is 1. The molecule has 0 spiro atoms. The smallest absolute Gasteiger partial charge is 0.0253 e. The Bertz CT molecular complexity index is 470. The van der Waals surface area contributed by atoms with Crippen LogP contribution in [0, 0.1) is 25.7 Å². The Morgan fingerprint density at radius 1 is 1.14 bits per heavy atom. The van der Waals surface area contributed by atoms with Gasteiger partial charge in [-0.15, -0.1) is 0 Å². The molecule has 1 aromatic rings. The van der Waals surface area contributed by atoms with Crippen molar-refractivity contribution in [1.29, 1.82) is 0 Å². The first kappa shape index (κ1) is 15.1. The molecule has 1 saturated carbocycles. The summed E-state index contributed by atoms with van der Waals surface area (Å²) >= 11 is 0. The van der Waals surface area contributed by atoms with E-state index in [1.54, 1.807) is 0 Å². The Labute approximate surface area is 129 Å². The maximum absolute atomic E-state index is 3.79. The van der Waals surface area contributed by atoms with Crippen molar-refractivity contribution in [2.45, 2.75) is 59.2 Å². The van der Waals surface area contributed by atoms with Gasteiger partial charge < -0.3 is 5.32 Å². The number of hydrogen-bond donors (Lipinski definition) is 1. The van der Waals surface area contributed by atoms with Gasteiger partial charge in [0.2, 0.25) is 0 Å². The van der Waals surface area contributed by atoms with Gasteiger partial charge in [-0.2, -0.15) is 0 Å². The lowest BCUT2D eigenvalue weighted by atomic mass is 9.96. The third kappa shape index (κ3) is 3.67. The van der Waals surface area contributed by atoms with Gasteiger partial charge in [-0.25, -0.2) is 0 Å². The normalized spacial score (nSPS) is 27.3. The van der Waals surface area contributed by atoms with Gasteiger partial charge in [0.05, 0.1) is 0 Å². The lowest BCUT2D eigenvalue weighted by molar-refractivity contribution is 0.0926. The average molecular weight is 286 g/mol. The lowest BCUT2D eigenvalue weighted by Gasteiger charge is -2.42. The molecule has 1 N–H and O–H groups in total. The third-order valence-electron chi connectivity index (χ3n) is 5.13. The van der Waals surface area contributed by atoms with Crippen LogP contribution in [0.15, 0.2) is 18.2 Å². The molecule has 1 aliphatic heterocycles. The fourth-order valence-electron chi connectivity index (χ4n) is 3.82. The first-order valence-corrected chi connectivity index (χ1v) is 8.57. The third-order valence-corrected chi connectivity index (χ3v) is 5.13. The zero-order valence-electron chi connectivity index (χ0n) is 14.0. The maximum Gasteiger partial charge on any atom is 0.0253 e. The second-order valence-electron chi connectivity index (χ2n) is 7.59. The van der Waals surface area contributed by atoms with Crippen LogP contribution in [0.25, 0.3) is 0 Å². The van der Waals surface area contributed by atoms with Crippen molar-refractivity contribution in [1.82, 2.24) is 10.2 Å². The largest absolute Gasteiger partial charge is 0.311 e. The van der Waals surface area contributed by atoms with E-state index in [1.807, 2.05) is 0 Å². The molecule has 2 unspecified atom stereocenters. The lowest BCUT2D eigenvalue weighted by Crippen LogP contribution is -2.58. The average Bonchev–Trinajstić information content (AvgIpc) is 3.21. The predicted molar refractivity (Wildman–Crippen MR) is 89.5 cm³/mol. The van der Waals surface area contributed by atoms with E-state index < -0.39 is 0 Å². The minimum atomic E-state index is 0.644. The van der Waals surface area contributed by atoms with E-state index in [9.17, 15) is 0 Å². The van der Waals surface area contributed by atoms with Crippen molar-refractivity contribution in [3.63, 3.8) is 0 Å². The van der Waals surface area contributed by atoms with Crippen LogP contribution in [0.3, 0.4) is 0 Å². The summed E-state index contributed by atoms with van der Waals surface area (Å²) in [7, 11) is 0. The van der Waals surface area contributed by atoms with Gasteiger partial charge in [-0.1, -0.05) is 43.2 Å². The molecule has 2 aliphatic rings. The first-order chi connectivity index (χ1) is 10.0. The zero-order valence-corrected chi connectivity index (χ0v) is 14.0. The summed E-state index contributed by atoms with van der Waals surface area (Å²) in [5, 5.41) is 3.79. The minimum absolute atomic E-state index is 0.644. The van der Waals surface area contributed by atoms with Crippen molar-refractivity contribution < 1.29 is 0 Å². The van der Waals surface area contributed by atoms with E-state index in [4.69, 9.17) is 0 Å². The van der Waals surface area contributed by atoms with Crippen LogP contribution in [0.1, 0.15) is 43.4 Å². The summed E-state index contributed by atoms with van der Waals surface area (Å²) in [6.45, 7) is 12.6. The second kappa shape index (κ2) is 6.10. The van der Waals surface area contributed by atoms with E-state index in [-0.39, 0.29) is 0 Å². The molecular formula is C19H30N2. The Hall–Kier alpha value is -0.860. The van der Waals surface area contributed by atoms with Gasteiger partial charge in [-0.3, -0.25) is 4.90 Å². The Morgan fingerprint density at radius 2 is 1.81 bits per heavy atom. The zero-order chi connectivity index (χ0) is 15.0. The fraction of sp³-hybridized carbons (Fsp3) is 0.684. The second-order valence-corrected chi connectivity index (χ2v) is 7.59. The number of rotatable bonds is 4. The fourth-order valence-corrected chi connectivity index (χ4v) is 3.82. The maximum atomic E-state index is 3.79. The van der Waals surface area contributed by atoms with Crippen LogP contribution < -0.4 is 5.32 Å². The van der Waals surface area contributed by atoms with Gasteiger partial charge in [-0.05, 0) is 44.1 Å². The van der Waals surface area contributed by atoms with Crippen LogP contribution in [0.5, 0.6) is 0 Å². The topological polar surface area (TPSA) is 15.3 Å². The van der Waals surface area contributed by atoms with Crippen LogP contribution >= 0.6 is 0 Å². The summed E-state index contributed by atoms with van der Waals surface area (Å²) in [6, 6.07) is 8.40. The van der Waals surface area contributed by atoms with Crippen molar-refractivity contribution in [2.75, 3.05) is 13.1 Å². The van der Waals surface area contributed by atoms with Crippen LogP contribution in [0.4, 0.5) is 0 Å². The SMILES string of the molecule is Cc1cc(C)cc(CN2CC(C(C)C)NCC2C2CC2)c1. The van der Waals surface area contributed by atoms with Gasteiger partial charge >= 0.3 is 0 Å². The number of nitrogens with zero attached hydrogens (tertiary/aromatic N) is 1. The molecule has 1 saturated heterocycles. The van der Waals surface area contributed by atoms with Gasteiger partial charge in [0.25, 0.3) is 0 Å². The highest BCUT2D eigenvalue weighted by atomic mass is 15.2. The number of aryl methyl sites for hydroxylation is 2. The van der Waals surface area contributed by atoms with Crippen LogP contribution in [-0.2, 0) is 6.54 Å². The van der Waals surface area contributed by atoms with E-state index in [0.717, 1.165) is 18.5 Å². The van der Waals surface area contributed by atoms with E-state index in [0.29, 0.717) is 12.0 Å². The standard InChI is InChI=1S/C19H30N2/c1-13(2)18-12-21(19(10-20-18)17-5-6-17)11-16-8-14(3)7-15(4)9-16/h7-9,13,17-20H,5-6,10-12H2,1-4H3. The van der Waals surface area contributed by atoms with E-state index >= 15 is 0 Å². The monoisotopic (exact) mass is 286 g/mol. The van der Waals surface area contributed by atoms with Crippen molar-refractivity contribution in [2.24, 2.45) is 11.8 Å². The predicted octanol–water partition coefficient (Wildman–Crippen LogP) is 3.51.